The highest BCUT2D eigenvalue weighted by Crippen LogP contribution is 2.31. The average molecular weight is 537 g/mol. The number of ether oxygens (including phenoxy) is 1. The van der Waals surface area contributed by atoms with Gasteiger partial charge in [-0.15, -0.1) is 5.10 Å². The van der Waals surface area contributed by atoms with E-state index in [0.717, 1.165) is 23.0 Å². The molecule has 0 unspecified atom stereocenters. The molecule has 1 amide bonds. The van der Waals surface area contributed by atoms with Gasteiger partial charge in [-0.3, -0.25) is 10.2 Å². The monoisotopic (exact) mass is 536 g/mol. The number of thioether (sulfide) groups is 1. The molecule has 0 aromatic heterocycles. The topological polar surface area (TPSA) is 112 Å². The fourth-order valence-electron chi connectivity index (χ4n) is 2.79. The van der Waals surface area contributed by atoms with E-state index in [1.165, 1.54) is 12.1 Å². The molecule has 2 aromatic carbocycles. The zero-order chi connectivity index (χ0) is 23.0. The largest absolute Gasteiger partial charge is 0.488 e. The highest BCUT2D eigenvalue weighted by Gasteiger charge is 2.38. The highest BCUT2D eigenvalue weighted by atomic mass is 79.9. The van der Waals surface area contributed by atoms with Gasteiger partial charge in [0.05, 0.1) is 10.0 Å². The van der Waals surface area contributed by atoms with Crippen molar-refractivity contribution >= 4 is 64.9 Å². The van der Waals surface area contributed by atoms with Gasteiger partial charge in [0.25, 0.3) is 5.91 Å². The Hall–Kier alpha value is -2.83. The normalized spacial score (nSPS) is 17.3. The maximum atomic E-state index is 13.8. The Morgan fingerprint density at radius 2 is 2.03 bits per heavy atom. The van der Waals surface area contributed by atoms with E-state index in [4.69, 9.17) is 10.1 Å². The van der Waals surface area contributed by atoms with Crippen LogP contribution in [0.2, 0.25) is 0 Å². The molecule has 0 fully saturated rings. The van der Waals surface area contributed by atoms with E-state index >= 15 is 0 Å². The van der Waals surface area contributed by atoms with Crippen LogP contribution >= 0.6 is 27.7 Å². The Balaban J connectivity index is 1.56. The van der Waals surface area contributed by atoms with Crippen LogP contribution < -0.4 is 4.74 Å². The third-order valence-electron chi connectivity index (χ3n) is 4.36. The van der Waals surface area contributed by atoms with Crippen molar-refractivity contribution in [1.29, 1.82) is 5.41 Å². The van der Waals surface area contributed by atoms with E-state index in [9.17, 15) is 17.6 Å². The number of carbonyl (C=O) groups excluding carboxylic acids is 1. The van der Waals surface area contributed by atoms with Crippen LogP contribution in [0.15, 0.2) is 62.6 Å². The number of sulfone groups is 1. The van der Waals surface area contributed by atoms with Crippen LogP contribution in [0.5, 0.6) is 5.75 Å². The Bertz CT molecular complexity index is 1360. The fourth-order valence-corrected chi connectivity index (χ4v) is 4.98. The molecule has 2 aromatic rings. The third-order valence-corrected chi connectivity index (χ3v) is 7.56. The smallest absolute Gasteiger partial charge is 0.283 e. The summed E-state index contributed by atoms with van der Waals surface area (Å²) in [4.78, 5) is 16.3. The summed E-state index contributed by atoms with van der Waals surface area (Å²) in [5.41, 5.74) is 0.943. The van der Waals surface area contributed by atoms with Gasteiger partial charge in [0.15, 0.2) is 5.84 Å². The van der Waals surface area contributed by atoms with Crippen molar-refractivity contribution in [3.63, 3.8) is 0 Å². The number of benzene rings is 2. The summed E-state index contributed by atoms with van der Waals surface area (Å²) in [6.07, 6.45) is 2.45. The van der Waals surface area contributed by atoms with Crippen molar-refractivity contribution in [3.05, 3.63) is 69.5 Å². The maximum Gasteiger partial charge on any atom is 0.283 e. The number of amides is 1. The molecular formula is C20H14BrFN4O4S2. The summed E-state index contributed by atoms with van der Waals surface area (Å²) in [5, 5.41) is 13.2. The number of hydrogen-bond donors (Lipinski definition) is 1. The minimum absolute atomic E-state index is 0.0237. The van der Waals surface area contributed by atoms with Gasteiger partial charge in [-0.1, -0.05) is 24.3 Å². The SMILES string of the molecule is CS(=O)(=O)C1=NN2C(=N)/C(=C/c3ccc(OCc4ccccc4F)c(Br)c3)C(=O)N=C2S1. The van der Waals surface area contributed by atoms with Crippen molar-refractivity contribution in [2.45, 2.75) is 6.61 Å². The number of carbonyl (C=O) groups is 1. The third kappa shape index (κ3) is 4.52. The quantitative estimate of drug-likeness (QED) is 0.595. The molecule has 0 radical (unpaired) electrons. The molecule has 1 N–H and O–H groups in total. The molecular weight excluding hydrogens is 523 g/mol. The van der Waals surface area contributed by atoms with E-state index in [2.05, 4.69) is 26.0 Å². The number of halogens is 2. The molecule has 32 heavy (non-hydrogen) atoms. The van der Waals surface area contributed by atoms with Crippen LogP contribution in [0.25, 0.3) is 6.08 Å². The van der Waals surface area contributed by atoms with Crippen LogP contribution in [0.1, 0.15) is 11.1 Å². The molecule has 2 aliphatic rings. The summed E-state index contributed by atoms with van der Waals surface area (Å²) < 4.78 is 43.2. The first-order valence-electron chi connectivity index (χ1n) is 8.99. The summed E-state index contributed by atoms with van der Waals surface area (Å²) in [7, 11) is -3.60. The zero-order valence-electron chi connectivity index (χ0n) is 16.4. The van der Waals surface area contributed by atoms with Gasteiger partial charge in [0, 0.05) is 11.8 Å². The standard InChI is InChI=1S/C20H14BrFN4O4S2/c1-32(28,29)20-25-26-17(23)13(18(27)24-19(26)31-20)8-11-6-7-16(14(21)9-11)30-10-12-4-2-3-5-15(12)22/h2-9,23H,10H2,1H3/b13-8-,23-17?. The first kappa shape index (κ1) is 22.4. The average Bonchev–Trinajstić information content (AvgIpc) is 3.16. The van der Waals surface area contributed by atoms with Gasteiger partial charge in [0.2, 0.25) is 19.4 Å². The molecule has 0 saturated carbocycles. The molecule has 0 aliphatic carbocycles. The van der Waals surface area contributed by atoms with Crippen LogP contribution in [-0.2, 0) is 21.2 Å². The summed E-state index contributed by atoms with van der Waals surface area (Å²) in [6.45, 7) is 0.0413. The van der Waals surface area contributed by atoms with Crippen LogP contribution in [-0.4, -0.2) is 41.0 Å². The van der Waals surface area contributed by atoms with Crippen molar-refractivity contribution in [2.24, 2.45) is 10.1 Å². The molecule has 0 spiro atoms. The number of aliphatic imine (C=N–C) groups is 1. The predicted molar refractivity (Wildman–Crippen MR) is 125 cm³/mol. The van der Waals surface area contributed by atoms with Crippen molar-refractivity contribution < 1.29 is 22.3 Å². The number of hydrazone groups is 1. The molecule has 0 bridgehead atoms. The number of fused-ring (bicyclic) bond motifs is 1. The first-order valence-corrected chi connectivity index (χ1v) is 12.5. The van der Waals surface area contributed by atoms with Crippen LogP contribution in [0.4, 0.5) is 4.39 Å². The van der Waals surface area contributed by atoms with Crippen LogP contribution in [0.3, 0.4) is 0 Å². The van der Waals surface area contributed by atoms with Gasteiger partial charge in [0.1, 0.15) is 18.2 Å². The van der Waals surface area contributed by atoms with Crippen LogP contribution in [0, 0.1) is 11.2 Å². The molecule has 12 heteroatoms. The molecule has 2 heterocycles. The lowest BCUT2D eigenvalue weighted by Crippen LogP contribution is -2.35. The Kier molecular flexibility index (Phi) is 6.01. The van der Waals surface area contributed by atoms with Gasteiger partial charge in [-0.05, 0) is 57.5 Å². The molecule has 0 atom stereocenters. The van der Waals surface area contributed by atoms with Crippen molar-refractivity contribution in [1.82, 2.24) is 5.01 Å². The van der Waals surface area contributed by atoms with E-state index in [1.54, 1.807) is 36.4 Å². The Labute approximate surface area is 195 Å². The van der Waals surface area contributed by atoms with E-state index < -0.39 is 15.7 Å². The minimum Gasteiger partial charge on any atom is -0.488 e. The lowest BCUT2D eigenvalue weighted by atomic mass is 10.1. The maximum absolute atomic E-state index is 13.8. The highest BCUT2D eigenvalue weighted by molar-refractivity contribution is 9.10. The number of nitrogens with zero attached hydrogens (tertiary/aromatic N) is 3. The van der Waals surface area contributed by atoms with E-state index in [-0.39, 0.29) is 33.4 Å². The number of rotatable bonds is 4. The Morgan fingerprint density at radius 3 is 2.72 bits per heavy atom. The van der Waals surface area contributed by atoms with Gasteiger partial charge in [-0.2, -0.15) is 10.0 Å². The van der Waals surface area contributed by atoms with Gasteiger partial charge >= 0.3 is 0 Å². The second-order valence-electron chi connectivity index (χ2n) is 6.73. The zero-order valence-corrected chi connectivity index (χ0v) is 19.6. The second kappa shape index (κ2) is 8.60. The van der Waals surface area contributed by atoms with Gasteiger partial charge < -0.3 is 4.74 Å². The molecule has 0 saturated heterocycles. The Morgan fingerprint density at radius 1 is 1.28 bits per heavy atom. The lowest BCUT2D eigenvalue weighted by molar-refractivity contribution is -0.114. The van der Waals surface area contributed by atoms with Crippen molar-refractivity contribution in [2.75, 3.05) is 6.26 Å². The molecule has 4 rings (SSSR count). The lowest BCUT2D eigenvalue weighted by Gasteiger charge is -2.20. The first-order chi connectivity index (χ1) is 15.1. The molecule has 164 valence electrons. The second-order valence-corrected chi connectivity index (χ2v) is 10.7. The predicted octanol–water partition coefficient (Wildman–Crippen LogP) is 3.79. The van der Waals surface area contributed by atoms with E-state index in [0.29, 0.717) is 21.3 Å². The van der Waals surface area contributed by atoms with Gasteiger partial charge in [-0.25, -0.2) is 12.8 Å². The summed E-state index contributed by atoms with van der Waals surface area (Å²) in [6, 6.07) is 11.3. The number of nitrogens with one attached hydrogen (secondary N) is 1. The minimum atomic E-state index is -3.60. The number of hydrogen-bond acceptors (Lipinski definition) is 7. The molecule has 8 nitrogen and oxygen atoms in total. The molecule has 2 aliphatic heterocycles. The fraction of sp³-hybridized carbons (Fsp3) is 0.100. The summed E-state index contributed by atoms with van der Waals surface area (Å²) in [5.74, 6) is -0.836. The van der Waals surface area contributed by atoms with E-state index in [1.807, 2.05) is 0 Å². The summed E-state index contributed by atoms with van der Waals surface area (Å²) >= 11 is 4.12. The van der Waals surface area contributed by atoms with Crippen molar-refractivity contribution in [3.8, 4) is 5.75 Å². The number of amidine groups is 2.